The minimum atomic E-state index is 0.506. The van der Waals surface area contributed by atoms with Crippen LogP contribution in [-0.4, -0.2) is 26.3 Å². The molecule has 0 radical (unpaired) electrons. The molecule has 0 aliphatic heterocycles. The molecule has 0 spiro atoms. The molecular weight excluding hydrogens is 174 g/mol. The van der Waals surface area contributed by atoms with Crippen molar-refractivity contribution in [1.29, 1.82) is 0 Å². The first-order chi connectivity index (χ1) is 6.56. The molecule has 1 aliphatic carbocycles. The predicted molar refractivity (Wildman–Crippen MR) is 60.5 cm³/mol. The van der Waals surface area contributed by atoms with E-state index in [1.807, 2.05) is 7.05 Å². The molecule has 1 saturated carbocycles. The van der Waals surface area contributed by atoms with E-state index in [1.54, 1.807) is 0 Å². The van der Waals surface area contributed by atoms with Crippen molar-refractivity contribution in [3.63, 3.8) is 0 Å². The van der Waals surface area contributed by atoms with Gasteiger partial charge in [0.05, 0.1) is 12.7 Å². The van der Waals surface area contributed by atoms with Gasteiger partial charge < -0.3 is 10.1 Å². The molecule has 2 nitrogen and oxygen atoms in total. The van der Waals surface area contributed by atoms with E-state index in [1.165, 1.54) is 19.3 Å². The van der Waals surface area contributed by atoms with Crippen LogP contribution in [0.4, 0.5) is 0 Å². The molecule has 0 bridgehead atoms. The van der Waals surface area contributed by atoms with Crippen LogP contribution in [0, 0.1) is 11.3 Å². The first kappa shape index (κ1) is 12.0. The average molecular weight is 199 g/mol. The molecule has 0 aromatic heterocycles. The molecule has 1 rings (SSSR count). The Balaban J connectivity index is 2.25. The predicted octanol–water partition coefficient (Wildman–Crippen LogP) is 2.44. The molecule has 1 unspecified atom stereocenters. The summed E-state index contributed by atoms with van der Waals surface area (Å²) in [4.78, 5) is 0. The molecule has 0 heterocycles. The third-order valence-corrected chi connectivity index (χ3v) is 3.77. The van der Waals surface area contributed by atoms with E-state index >= 15 is 0 Å². The van der Waals surface area contributed by atoms with E-state index in [9.17, 15) is 0 Å². The van der Waals surface area contributed by atoms with Crippen LogP contribution in [0.3, 0.4) is 0 Å². The van der Waals surface area contributed by atoms with Gasteiger partial charge in [-0.05, 0) is 37.6 Å². The van der Waals surface area contributed by atoms with Gasteiger partial charge in [0.15, 0.2) is 0 Å². The summed E-state index contributed by atoms with van der Waals surface area (Å²) in [6, 6.07) is 0. The first-order valence-electron chi connectivity index (χ1n) is 5.82. The largest absolute Gasteiger partial charge is 0.377 e. The number of rotatable bonds is 4. The molecule has 1 fully saturated rings. The molecule has 0 amide bonds. The highest BCUT2D eigenvalue weighted by Crippen LogP contribution is 2.40. The third-order valence-electron chi connectivity index (χ3n) is 3.77. The quantitative estimate of drug-likeness (QED) is 0.702. The van der Waals surface area contributed by atoms with Crippen molar-refractivity contribution in [2.24, 2.45) is 11.3 Å². The van der Waals surface area contributed by atoms with Crippen LogP contribution < -0.4 is 5.32 Å². The summed E-state index contributed by atoms with van der Waals surface area (Å²) in [7, 11) is 1.97. The van der Waals surface area contributed by atoms with Crippen LogP contribution in [-0.2, 0) is 4.74 Å². The van der Waals surface area contributed by atoms with Gasteiger partial charge in [-0.1, -0.05) is 20.8 Å². The minimum Gasteiger partial charge on any atom is -0.377 e. The molecule has 2 atom stereocenters. The fourth-order valence-corrected chi connectivity index (χ4v) is 2.09. The summed E-state index contributed by atoms with van der Waals surface area (Å²) in [6.07, 6.45) is 4.28. The van der Waals surface area contributed by atoms with Gasteiger partial charge in [0, 0.05) is 6.54 Å². The second kappa shape index (κ2) is 5.13. The molecule has 0 saturated heterocycles. The molecule has 84 valence electrons. The van der Waals surface area contributed by atoms with Gasteiger partial charge in [0.25, 0.3) is 0 Å². The lowest BCUT2D eigenvalue weighted by Crippen LogP contribution is -2.34. The van der Waals surface area contributed by atoms with Crippen molar-refractivity contribution >= 4 is 0 Å². The Bertz CT molecular complexity index is 168. The lowest BCUT2D eigenvalue weighted by atomic mass is 9.69. The SMILES string of the molecule is CNCCO[C@H]1CCC(C)(C)C(C)C1. The molecule has 14 heavy (non-hydrogen) atoms. The van der Waals surface area contributed by atoms with E-state index in [-0.39, 0.29) is 0 Å². The van der Waals surface area contributed by atoms with Gasteiger partial charge in [-0.3, -0.25) is 0 Å². The topological polar surface area (TPSA) is 21.3 Å². The maximum Gasteiger partial charge on any atom is 0.0594 e. The van der Waals surface area contributed by atoms with Crippen molar-refractivity contribution < 1.29 is 4.74 Å². The second-order valence-electron chi connectivity index (χ2n) is 5.26. The molecule has 2 heteroatoms. The molecule has 0 aromatic rings. The van der Waals surface area contributed by atoms with E-state index in [0.29, 0.717) is 11.5 Å². The van der Waals surface area contributed by atoms with E-state index in [2.05, 4.69) is 26.1 Å². The number of hydrogen-bond acceptors (Lipinski definition) is 2. The van der Waals surface area contributed by atoms with E-state index in [4.69, 9.17) is 4.74 Å². The van der Waals surface area contributed by atoms with Gasteiger partial charge in [-0.15, -0.1) is 0 Å². The normalized spacial score (nSPS) is 31.7. The summed E-state index contributed by atoms with van der Waals surface area (Å²) in [5, 5.41) is 3.11. The Labute approximate surface area is 88.4 Å². The van der Waals surface area contributed by atoms with E-state index < -0.39 is 0 Å². The zero-order chi connectivity index (χ0) is 10.6. The Morgan fingerprint density at radius 2 is 2.14 bits per heavy atom. The van der Waals surface area contributed by atoms with Crippen molar-refractivity contribution in [2.45, 2.75) is 46.1 Å². The van der Waals surface area contributed by atoms with Gasteiger partial charge >= 0.3 is 0 Å². The zero-order valence-electron chi connectivity index (χ0n) is 10.1. The van der Waals surface area contributed by atoms with Gasteiger partial charge in [-0.2, -0.15) is 0 Å². The zero-order valence-corrected chi connectivity index (χ0v) is 10.1. The number of nitrogens with one attached hydrogen (secondary N) is 1. The molecule has 1 aliphatic rings. The summed E-state index contributed by atoms with van der Waals surface area (Å²) in [5.74, 6) is 0.788. The monoisotopic (exact) mass is 199 g/mol. The van der Waals surface area contributed by atoms with Crippen LogP contribution in [0.1, 0.15) is 40.0 Å². The highest BCUT2D eigenvalue weighted by molar-refractivity contribution is 4.84. The summed E-state index contributed by atoms with van der Waals surface area (Å²) < 4.78 is 5.82. The maximum atomic E-state index is 5.82. The third kappa shape index (κ3) is 3.25. The van der Waals surface area contributed by atoms with E-state index in [0.717, 1.165) is 19.1 Å². The van der Waals surface area contributed by atoms with Crippen LogP contribution in [0.5, 0.6) is 0 Å². The Hall–Kier alpha value is -0.0800. The summed E-state index contributed by atoms with van der Waals surface area (Å²) in [6.45, 7) is 8.93. The van der Waals surface area contributed by atoms with Crippen LogP contribution in [0.25, 0.3) is 0 Å². The Kier molecular flexibility index (Phi) is 4.39. The summed E-state index contributed by atoms with van der Waals surface area (Å²) in [5.41, 5.74) is 0.517. The lowest BCUT2D eigenvalue weighted by molar-refractivity contribution is -0.0189. The minimum absolute atomic E-state index is 0.506. The van der Waals surface area contributed by atoms with Gasteiger partial charge in [-0.25, -0.2) is 0 Å². The Morgan fingerprint density at radius 3 is 2.71 bits per heavy atom. The summed E-state index contributed by atoms with van der Waals surface area (Å²) >= 11 is 0. The Morgan fingerprint density at radius 1 is 1.43 bits per heavy atom. The van der Waals surface area contributed by atoms with Crippen molar-refractivity contribution in [3.05, 3.63) is 0 Å². The van der Waals surface area contributed by atoms with Gasteiger partial charge in [0.1, 0.15) is 0 Å². The number of hydrogen-bond donors (Lipinski definition) is 1. The second-order valence-corrected chi connectivity index (χ2v) is 5.26. The highest BCUT2D eigenvalue weighted by Gasteiger charge is 2.33. The van der Waals surface area contributed by atoms with Crippen molar-refractivity contribution in [2.75, 3.05) is 20.2 Å². The number of likely N-dealkylation sites (N-methyl/N-ethyl adjacent to an activating group) is 1. The average Bonchev–Trinajstić information content (AvgIpc) is 2.12. The number of ether oxygens (including phenoxy) is 1. The fraction of sp³-hybridized carbons (Fsp3) is 1.00. The smallest absolute Gasteiger partial charge is 0.0594 e. The molecular formula is C12H25NO. The first-order valence-corrected chi connectivity index (χ1v) is 5.82. The maximum absolute atomic E-state index is 5.82. The lowest BCUT2D eigenvalue weighted by Gasteiger charge is -2.40. The molecule has 1 N–H and O–H groups in total. The van der Waals surface area contributed by atoms with Crippen LogP contribution >= 0.6 is 0 Å². The van der Waals surface area contributed by atoms with Gasteiger partial charge in [0.2, 0.25) is 0 Å². The van der Waals surface area contributed by atoms with Crippen molar-refractivity contribution in [3.8, 4) is 0 Å². The fourth-order valence-electron chi connectivity index (χ4n) is 2.09. The highest BCUT2D eigenvalue weighted by atomic mass is 16.5. The van der Waals surface area contributed by atoms with Crippen LogP contribution in [0.2, 0.25) is 0 Å². The van der Waals surface area contributed by atoms with Crippen LogP contribution in [0.15, 0.2) is 0 Å². The van der Waals surface area contributed by atoms with Crippen molar-refractivity contribution in [1.82, 2.24) is 5.32 Å². The molecule has 0 aromatic carbocycles. The standard InChI is InChI=1S/C12H25NO/c1-10-9-11(14-8-7-13-4)5-6-12(10,2)3/h10-11,13H,5-9H2,1-4H3/t10?,11-/m0/s1.